The predicted octanol–water partition coefficient (Wildman–Crippen LogP) is 3.26. The fourth-order valence-corrected chi connectivity index (χ4v) is 3.20. The van der Waals surface area contributed by atoms with Crippen molar-refractivity contribution in [2.75, 3.05) is 19.0 Å². The molecule has 2 N–H and O–H groups in total. The molecule has 0 spiro atoms. The number of esters is 1. The van der Waals surface area contributed by atoms with E-state index in [4.69, 9.17) is 9.84 Å². The van der Waals surface area contributed by atoms with Gasteiger partial charge in [-0.25, -0.2) is 0 Å². The van der Waals surface area contributed by atoms with Crippen molar-refractivity contribution < 1.29 is 19.4 Å². The number of hydrogen-bond donors (Lipinski definition) is 2. The summed E-state index contributed by atoms with van der Waals surface area (Å²) >= 11 is 1.32. The smallest absolute Gasteiger partial charge is 0.319 e. The number of aryl methyl sites for hydroxylation is 1. The average molecular weight is 359 g/mol. The normalized spacial score (nSPS) is 11.6. The number of aliphatic hydroxyl groups is 1. The van der Waals surface area contributed by atoms with Crippen LogP contribution in [0.3, 0.4) is 0 Å². The van der Waals surface area contributed by atoms with Gasteiger partial charge in [-0.05, 0) is 49.7 Å². The number of nitrogens with one attached hydrogen (secondary N) is 1. The van der Waals surface area contributed by atoms with E-state index in [1.54, 1.807) is 24.3 Å². The molecule has 1 atom stereocenters. The van der Waals surface area contributed by atoms with Crippen molar-refractivity contribution in [3.63, 3.8) is 0 Å². The Morgan fingerprint density at radius 3 is 2.32 bits per heavy atom. The second-order valence-corrected chi connectivity index (χ2v) is 6.76. The molecule has 0 aliphatic carbocycles. The van der Waals surface area contributed by atoms with E-state index in [9.17, 15) is 9.59 Å². The van der Waals surface area contributed by atoms with Crippen molar-refractivity contribution in [1.82, 2.24) is 0 Å². The largest absolute Gasteiger partial charge is 0.468 e. The maximum Gasteiger partial charge on any atom is 0.319 e. The molecule has 0 heterocycles. The molecule has 0 saturated heterocycles. The van der Waals surface area contributed by atoms with Crippen LogP contribution < -0.4 is 5.32 Å². The molecule has 0 fully saturated rings. The quantitative estimate of drug-likeness (QED) is 0.586. The third kappa shape index (κ3) is 5.62. The molecule has 0 aliphatic heterocycles. The number of aliphatic hydroxyl groups excluding tert-OH is 1. The number of anilines is 1. The van der Waals surface area contributed by atoms with E-state index in [1.807, 2.05) is 31.2 Å². The summed E-state index contributed by atoms with van der Waals surface area (Å²) in [6, 6.07) is 14.6. The van der Waals surface area contributed by atoms with E-state index >= 15 is 0 Å². The molecule has 0 saturated carbocycles. The third-order valence-electron chi connectivity index (χ3n) is 3.56. The van der Waals surface area contributed by atoms with Gasteiger partial charge in [0.2, 0.25) is 0 Å². The van der Waals surface area contributed by atoms with Crippen molar-refractivity contribution in [3.05, 3.63) is 59.7 Å². The van der Waals surface area contributed by atoms with Gasteiger partial charge in [0.25, 0.3) is 5.91 Å². The molecule has 1 amide bonds. The minimum Gasteiger partial charge on any atom is -0.468 e. The summed E-state index contributed by atoms with van der Waals surface area (Å²) < 4.78 is 4.74. The van der Waals surface area contributed by atoms with Gasteiger partial charge in [0, 0.05) is 22.8 Å². The lowest BCUT2D eigenvalue weighted by molar-refractivity contribution is -0.140. The molecule has 0 aromatic heterocycles. The summed E-state index contributed by atoms with van der Waals surface area (Å²) in [4.78, 5) is 24.7. The summed E-state index contributed by atoms with van der Waals surface area (Å²) in [6.07, 6.45) is 0.323. The van der Waals surface area contributed by atoms with E-state index in [0.717, 1.165) is 10.5 Å². The molecule has 6 heteroatoms. The molecule has 132 valence electrons. The van der Waals surface area contributed by atoms with Crippen molar-refractivity contribution in [2.24, 2.45) is 0 Å². The van der Waals surface area contributed by atoms with Crippen LogP contribution in [-0.4, -0.2) is 35.9 Å². The van der Waals surface area contributed by atoms with Crippen LogP contribution in [0.25, 0.3) is 0 Å². The van der Waals surface area contributed by atoms with Gasteiger partial charge in [-0.15, -0.1) is 11.8 Å². The Labute approximate surface area is 151 Å². The van der Waals surface area contributed by atoms with Crippen LogP contribution in [0.5, 0.6) is 0 Å². The molecule has 25 heavy (non-hydrogen) atoms. The Kier molecular flexibility index (Phi) is 7.03. The van der Waals surface area contributed by atoms with E-state index in [0.29, 0.717) is 17.7 Å². The van der Waals surface area contributed by atoms with E-state index in [-0.39, 0.29) is 18.5 Å². The second-order valence-electron chi connectivity index (χ2n) is 5.49. The van der Waals surface area contributed by atoms with Gasteiger partial charge < -0.3 is 15.2 Å². The third-order valence-corrected chi connectivity index (χ3v) is 4.82. The standard InChI is InChI=1S/C19H21NO4S/c1-13-3-5-14(6-4-13)18(22)20-15-7-9-16(10-8-15)25-17(11-12-21)19(23)24-2/h3-10,17,21H,11-12H2,1-2H3,(H,20,22). The minimum atomic E-state index is -0.456. The van der Waals surface area contributed by atoms with Gasteiger partial charge in [0.15, 0.2) is 0 Å². The summed E-state index contributed by atoms with van der Waals surface area (Å²) in [5.74, 6) is -0.538. The first kappa shape index (κ1) is 19.0. The first-order valence-corrected chi connectivity index (χ1v) is 8.75. The summed E-state index contributed by atoms with van der Waals surface area (Å²) in [5.41, 5.74) is 2.37. The van der Waals surface area contributed by atoms with Gasteiger partial charge in [0.05, 0.1) is 7.11 Å². The first-order chi connectivity index (χ1) is 12.0. The van der Waals surface area contributed by atoms with Crippen molar-refractivity contribution >= 4 is 29.3 Å². The molecule has 5 nitrogen and oxygen atoms in total. The number of ether oxygens (including phenoxy) is 1. The molecule has 0 aliphatic rings. The topological polar surface area (TPSA) is 75.6 Å². The SMILES string of the molecule is COC(=O)C(CCO)Sc1ccc(NC(=O)c2ccc(C)cc2)cc1. The van der Waals surface area contributed by atoms with Crippen molar-refractivity contribution in [3.8, 4) is 0 Å². The predicted molar refractivity (Wildman–Crippen MR) is 98.9 cm³/mol. The van der Waals surface area contributed by atoms with Crippen LogP contribution in [0.4, 0.5) is 5.69 Å². The van der Waals surface area contributed by atoms with Crippen molar-refractivity contribution in [1.29, 1.82) is 0 Å². The van der Waals surface area contributed by atoms with Crippen LogP contribution in [0, 0.1) is 6.92 Å². The summed E-state index contributed by atoms with van der Waals surface area (Å²) in [5, 5.41) is 11.4. The molecule has 2 aromatic carbocycles. The number of benzene rings is 2. The van der Waals surface area contributed by atoms with E-state index < -0.39 is 5.25 Å². The van der Waals surface area contributed by atoms with Gasteiger partial charge in [-0.3, -0.25) is 9.59 Å². The number of hydrogen-bond acceptors (Lipinski definition) is 5. The number of thioether (sulfide) groups is 1. The Morgan fingerprint density at radius 1 is 1.12 bits per heavy atom. The molecule has 2 rings (SSSR count). The van der Waals surface area contributed by atoms with Gasteiger partial charge in [-0.1, -0.05) is 17.7 Å². The Balaban J connectivity index is 2.00. The van der Waals surface area contributed by atoms with Crippen LogP contribution >= 0.6 is 11.8 Å². The lowest BCUT2D eigenvalue weighted by atomic mass is 10.1. The Bertz CT molecular complexity index is 713. The fraction of sp³-hybridized carbons (Fsp3) is 0.263. The molecule has 0 bridgehead atoms. The molecule has 2 aromatic rings. The van der Waals surface area contributed by atoms with Crippen LogP contribution in [0.15, 0.2) is 53.4 Å². The number of amides is 1. The molecular formula is C19H21NO4S. The van der Waals surface area contributed by atoms with Gasteiger partial charge >= 0.3 is 5.97 Å². The van der Waals surface area contributed by atoms with E-state index in [2.05, 4.69) is 5.32 Å². The minimum absolute atomic E-state index is 0.0859. The van der Waals surface area contributed by atoms with Gasteiger partial charge in [-0.2, -0.15) is 0 Å². The Morgan fingerprint density at radius 2 is 1.76 bits per heavy atom. The van der Waals surface area contributed by atoms with Gasteiger partial charge in [0.1, 0.15) is 5.25 Å². The van der Waals surface area contributed by atoms with Crippen molar-refractivity contribution in [2.45, 2.75) is 23.5 Å². The highest BCUT2D eigenvalue weighted by Gasteiger charge is 2.20. The number of methoxy groups -OCH3 is 1. The number of rotatable bonds is 7. The highest BCUT2D eigenvalue weighted by Crippen LogP contribution is 2.27. The zero-order valence-electron chi connectivity index (χ0n) is 14.2. The lowest BCUT2D eigenvalue weighted by Gasteiger charge is -2.13. The average Bonchev–Trinajstić information content (AvgIpc) is 2.62. The highest BCUT2D eigenvalue weighted by atomic mass is 32.2. The zero-order valence-corrected chi connectivity index (χ0v) is 15.0. The molecule has 0 radical (unpaired) electrons. The van der Waals surface area contributed by atoms with Crippen LogP contribution in [0.1, 0.15) is 22.3 Å². The molecule has 1 unspecified atom stereocenters. The second kappa shape index (κ2) is 9.25. The number of carbonyl (C=O) groups excluding carboxylic acids is 2. The fourth-order valence-electron chi connectivity index (χ4n) is 2.16. The maximum absolute atomic E-state index is 12.2. The molecular weight excluding hydrogens is 338 g/mol. The highest BCUT2D eigenvalue weighted by molar-refractivity contribution is 8.00. The van der Waals surface area contributed by atoms with Crippen LogP contribution in [0.2, 0.25) is 0 Å². The number of carbonyl (C=O) groups is 2. The maximum atomic E-state index is 12.2. The van der Waals surface area contributed by atoms with Crippen LogP contribution in [-0.2, 0) is 9.53 Å². The van der Waals surface area contributed by atoms with E-state index in [1.165, 1.54) is 18.9 Å². The first-order valence-electron chi connectivity index (χ1n) is 7.87. The summed E-state index contributed by atoms with van der Waals surface area (Å²) in [7, 11) is 1.33. The lowest BCUT2D eigenvalue weighted by Crippen LogP contribution is -2.20. The Hall–Kier alpha value is -2.31. The summed E-state index contributed by atoms with van der Waals surface area (Å²) in [6.45, 7) is 1.88. The monoisotopic (exact) mass is 359 g/mol. The zero-order chi connectivity index (χ0) is 18.2.